The zero-order chi connectivity index (χ0) is 11.6. The maximum atomic E-state index is 11.8. The van der Waals surface area contributed by atoms with Crippen LogP contribution in [0.15, 0.2) is 9.14 Å². The van der Waals surface area contributed by atoms with Gasteiger partial charge in [-0.15, -0.1) is 23.5 Å². The Morgan fingerprint density at radius 2 is 1.87 bits per heavy atom. The third-order valence-corrected chi connectivity index (χ3v) is 5.97. The fourth-order valence-corrected chi connectivity index (χ4v) is 4.10. The van der Waals surface area contributed by atoms with E-state index in [9.17, 15) is 4.79 Å². The molecule has 0 radical (unpaired) electrons. The zero-order valence-electron chi connectivity index (χ0n) is 9.79. The van der Waals surface area contributed by atoms with Crippen LogP contribution in [0.3, 0.4) is 0 Å². The molecule has 5 heteroatoms. The molecule has 0 unspecified atom stereocenters. The van der Waals surface area contributed by atoms with Crippen LogP contribution < -0.4 is 0 Å². The molecule has 0 aromatic heterocycles. The average Bonchev–Trinajstić information content (AvgIpc) is 2.50. The van der Waals surface area contributed by atoms with E-state index in [1.165, 1.54) is 0 Å². The molecule has 15 heavy (non-hydrogen) atoms. The summed E-state index contributed by atoms with van der Waals surface area (Å²) in [7, 11) is 0. The van der Waals surface area contributed by atoms with E-state index in [2.05, 4.69) is 25.1 Å². The monoisotopic (exact) mass is 263 g/mol. The van der Waals surface area contributed by atoms with Crippen LogP contribution in [0.1, 0.15) is 20.8 Å². The number of carbonyl (C=O) groups excluding carboxylic acids is 1. The van der Waals surface area contributed by atoms with E-state index in [1.54, 1.807) is 35.5 Å². The molecule has 1 rings (SSSR count). The zero-order valence-corrected chi connectivity index (χ0v) is 12.2. The molecule has 1 saturated heterocycles. The average molecular weight is 263 g/mol. The van der Waals surface area contributed by atoms with Crippen molar-refractivity contribution in [3.8, 4) is 0 Å². The van der Waals surface area contributed by atoms with Crippen molar-refractivity contribution in [2.24, 2.45) is 0 Å². The van der Waals surface area contributed by atoms with Gasteiger partial charge >= 0.3 is 0 Å². The molecule has 86 valence electrons. The number of rotatable bonds is 2. The number of hydrogen-bond donors (Lipinski definition) is 0. The fraction of sp³-hybridized carbons (Fsp3) is 0.700. The summed E-state index contributed by atoms with van der Waals surface area (Å²) in [5.41, 5.74) is 0.0456. The number of hydrogen-bond acceptors (Lipinski definition) is 5. The molecule has 2 nitrogen and oxygen atoms in total. The van der Waals surface area contributed by atoms with Crippen LogP contribution in [0.4, 0.5) is 0 Å². The van der Waals surface area contributed by atoms with Gasteiger partial charge in [-0.25, -0.2) is 4.31 Å². The first-order valence-electron chi connectivity index (χ1n) is 4.71. The molecule has 0 aromatic carbocycles. The second-order valence-electron chi connectivity index (χ2n) is 4.25. The topological polar surface area (TPSA) is 20.3 Å². The highest BCUT2D eigenvalue weighted by atomic mass is 32.2. The standard InChI is InChI=1S/C10H17NOS3/c1-10(2,3)11-6-7(12)8(15-11)9(13-4)14-5/h6H2,1-5H3. The van der Waals surface area contributed by atoms with Gasteiger partial charge in [0.2, 0.25) is 0 Å². The third kappa shape index (κ3) is 3.19. The van der Waals surface area contributed by atoms with Gasteiger partial charge in [0, 0.05) is 5.54 Å². The molecule has 0 amide bonds. The van der Waals surface area contributed by atoms with Crippen molar-refractivity contribution >= 4 is 41.3 Å². The van der Waals surface area contributed by atoms with Crippen LogP contribution in [0, 0.1) is 0 Å². The Kier molecular flexibility index (Phi) is 4.64. The number of carbonyl (C=O) groups is 1. The van der Waals surface area contributed by atoms with E-state index in [-0.39, 0.29) is 11.3 Å². The van der Waals surface area contributed by atoms with Gasteiger partial charge in [0.25, 0.3) is 0 Å². The van der Waals surface area contributed by atoms with Gasteiger partial charge in [-0.3, -0.25) is 4.79 Å². The lowest BCUT2D eigenvalue weighted by Crippen LogP contribution is -2.34. The molecular formula is C10H17NOS3. The van der Waals surface area contributed by atoms with E-state index < -0.39 is 0 Å². The highest BCUT2D eigenvalue weighted by Gasteiger charge is 2.35. The summed E-state index contributed by atoms with van der Waals surface area (Å²) >= 11 is 4.92. The summed E-state index contributed by atoms with van der Waals surface area (Å²) in [6.45, 7) is 6.93. The normalized spacial score (nSPS) is 18.7. The van der Waals surface area contributed by atoms with Crippen molar-refractivity contribution in [3.63, 3.8) is 0 Å². The summed E-state index contributed by atoms with van der Waals surface area (Å²) < 4.78 is 3.29. The number of ketones is 1. The Hall–Kier alpha value is 0.420. The first-order chi connectivity index (χ1) is 6.90. The Bertz CT molecular complexity index is 288. The summed E-state index contributed by atoms with van der Waals surface area (Å²) in [5, 5.41) is 0. The van der Waals surface area contributed by atoms with Crippen molar-refractivity contribution in [2.75, 3.05) is 19.1 Å². The van der Waals surface area contributed by atoms with Crippen molar-refractivity contribution in [2.45, 2.75) is 26.3 Å². The largest absolute Gasteiger partial charge is 0.292 e. The molecule has 1 aliphatic rings. The van der Waals surface area contributed by atoms with E-state index in [4.69, 9.17) is 0 Å². The van der Waals surface area contributed by atoms with Crippen LogP contribution in [0.5, 0.6) is 0 Å². The maximum absolute atomic E-state index is 11.8. The summed E-state index contributed by atoms with van der Waals surface area (Å²) in [6.07, 6.45) is 4.04. The molecule has 1 aliphatic heterocycles. The lowest BCUT2D eigenvalue weighted by molar-refractivity contribution is -0.114. The van der Waals surface area contributed by atoms with Crippen molar-refractivity contribution in [1.82, 2.24) is 4.31 Å². The van der Waals surface area contributed by atoms with Crippen molar-refractivity contribution in [1.29, 1.82) is 0 Å². The maximum Gasteiger partial charge on any atom is 0.187 e. The van der Waals surface area contributed by atoms with E-state index in [1.807, 2.05) is 12.5 Å². The van der Waals surface area contributed by atoms with Crippen LogP contribution in [-0.4, -0.2) is 34.7 Å². The van der Waals surface area contributed by atoms with Gasteiger partial charge in [-0.2, -0.15) is 0 Å². The minimum atomic E-state index is 0.0456. The molecule has 0 N–H and O–H groups in total. The van der Waals surface area contributed by atoms with Gasteiger partial charge in [-0.05, 0) is 45.2 Å². The molecule has 0 aliphatic carbocycles. The highest BCUT2D eigenvalue weighted by Crippen LogP contribution is 2.42. The van der Waals surface area contributed by atoms with Gasteiger partial charge in [0.1, 0.15) is 0 Å². The van der Waals surface area contributed by atoms with Gasteiger partial charge in [0.05, 0.1) is 15.7 Å². The predicted octanol–water partition coefficient (Wildman–Crippen LogP) is 3.21. The summed E-state index contributed by atoms with van der Waals surface area (Å²) in [5.74, 6) is 0.258. The van der Waals surface area contributed by atoms with Crippen LogP contribution in [0.2, 0.25) is 0 Å². The summed E-state index contributed by atoms with van der Waals surface area (Å²) in [6, 6.07) is 0. The quantitative estimate of drug-likeness (QED) is 0.561. The second kappa shape index (κ2) is 5.17. The second-order valence-corrected chi connectivity index (χ2v) is 7.17. The number of nitrogens with zero attached hydrogens (tertiary/aromatic N) is 1. The minimum Gasteiger partial charge on any atom is -0.292 e. The lowest BCUT2D eigenvalue weighted by Gasteiger charge is -2.28. The SMILES string of the molecule is CSC(SC)=C1SN(C(C)(C)C)CC1=O. The molecular weight excluding hydrogens is 246 g/mol. The minimum absolute atomic E-state index is 0.0456. The lowest BCUT2D eigenvalue weighted by atomic mass is 10.1. The van der Waals surface area contributed by atoms with Gasteiger partial charge < -0.3 is 0 Å². The highest BCUT2D eigenvalue weighted by molar-refractivity contribution is 8.22. The Morgan fingerprint density at radius 3 is 2.20 bits per heavy atom. The van der Waals surface area contributed by atoms with Gasteiger partial charge in [0.15, 0.2) is 5.78 Å². The summed E-state index contributed by atoms with van der Waals surface area (Å²) in [4.78, 5) is 12.8. The number of Topliss-reactive ketones (excluding diaryl/α,β-unsaturated/α-hetero) is 1. The van der Waals surface area contributed by atoms with Crippen LogP contribution in [0.25, 0.3) is 0 Å². The van der Waals surface area contributed by atoms with Gasteiger partial charge in [-0.1, -0.05) is 0 Å². The smallest absolute Gasteiger partial charge is 0.187 e. The fourth-order valence-electron chi connectivity index (χ4n) is 1.19. The molecule has 0 atom stereocenters. The van der Waals surface area contributed by atoms with E-state index in [0.717, 1.165) is 9.14 Å². The number of thioether (sulfide) groups is 2. The molecule has 0 spiro atoms. The molecule has 0 saturated carbocycles. The van der Waals surface area contributed by atoms with E-state index >= 15 is 0 Å². The third-order valence-electron chi connectivity index (χ3n) is 2.05. The predicted molar refractivity (Wildman–Crippen MR) is 73.1 cm³/mol. The first-order valence-corrected chi connectivity index (χ1v) is 7.93. The molecule has 1 fully saturated rings. The van der Waals surface area contributed by atoms with Crippen molar-refractivity contribution in [3.05, 3.63) is 9.14 Å². The van der Waals surface area contributed by atoms with Crippen molar-refractivity contribution < 1.29 is 4.79 Å². The first kappa shape index (κ1) is 13.5. The van der Waals surface area contributed by atoms with Crippen LogP contribution >= 0.6 is 35.5 Å². The Morgan fingerprint density at radius 1 is 1.33 bits per heavy atom. The van der Waals surface area contributed by atoms with Crippen LogP contribution in [-0.2, 0) is 4.79 Å². The Labute approximate surface area is 105 Å². The Balaban J connectivity index is 2.90. The molecule has 0 aromatic rings. The molecule has 1 heterocycles. The van der Waals surface area contributed by atoms with E-state index in [0.29, 0.717) is 6.54 Å². The molecule has 0 bridgehead atoms.